The summed E-state index contributed by atoms with van der Waals surface area (Å²) in [7, 11) is 5.82. The zero-order valence-corrected chi connectivity index (χ0v) is 14.3. The van der Waals surface area contributed by atoms with Gasteiger partial charge in [0.25, 0.3) is 5.91 Å². The minimum absolute atomic E-state index is 0.209. The summed E-state index contributed by atoms with van der Waals surface area (Å²) in [6.07, 6.45) is 0. The number of likely N-dealkylation sites (N-methyl/N-ethyl adjacent to an activating group) is 1. The van der Waals surface area contributed by atoms with E-state index in [4.69, 9.17) is 16.3 Å². The zero-order chi connectivity index (χ0) is 16.9. The maximum Gasteiger partial charge on any atom is 0.340 e. The van der Waals surface area contributed by atoms with Crippen molar-refractivity contribution < 1.29 is 18.8 Å². The average Bonchev–Trinajstić information content (AvgIpc) is 2.41. The molecule has 1 atom stereocenters. The SMILES string of the molecule is [CH2-][N+](C)(CC)CC(=O)Nc1c(C)cc(Cl)cc1C(=O)OCC. The van der Waals surface area contributed by atoms with Gasteiger partial charge in [-0.3, -0.25) is 4.79 Å². The van der Waals surface area contributed by atoms with Crippen LogP contribution in [-0.2, 0) is 9.53 Å². The van der Waals surface area contributed by atoms with Gasteiger partial charge in [-0.25, -0.2) is 4.79 Å². The third kappa shape index (κ3) is 5.00. The van der Waals surface area contributed by atoms with E-state index in [1.54, 1.807) is 19.9 Å². The van der Waals surface area contributed by atoms with E-state index in [1.165, 1.54) is 6.07 Å². The lowest BCUT2D eigenvalue weighted by Crippen LogP contribution is -2.43. The number of carbonyl (C=O) groups is 2. The molecular formula is C16H23ClN2O3. The molecule has 0 aliphatic rings. The number of rotatable bonds is 6. The molecule has 1 rings (SSSR count). The predicted molar refractivity (Wildman–Crippen MR) is 87.7 cm³/mol. The van der Waals surface area contributed by atoms with Crippen LogP contribution in [-0.4, -0.2) is 43.1 Å². The summed E-state index contributed by atoms with van der Waals surface area (Å²) < 4.78 is 5.33. The number of hydrogen-bond donors (Lipinski definition) is 1. The molecule has 5 nitrogen and oxygen atoms in total. The Balaban J connectivity index is 3.08. The Morgan fingerprint density at radius 1 is 1.36 bits per heavy atom. The number of nitrogens with one attached hydrogen (secondary N) is 1. The molecule has 0 radical (unpaired) electrons. The summed E-state index contributed by atoms with van der Waals surface area (Å²) in [5.74, 6) is -0.721. The number of esters is 1. The Kier molecular flexibility index (Phi) is 6.38. The highest BCUT2D eigenvalue weighted by Gasteiger charge is 2.20. The third-order valence-electron chi connectivity index (χ3n) is 3.35. The number of ether oxygens (including phenoxy) is 1. The lowest BCUT2D eigenvalue weighted by molar-refractivity contribution is -0.855. The normalized spacial score (nSPS) is 13.4. The molecule has 0 fully saturated rings. The summed E-state index contributed by atoms with van der Waals surface area (Å²) >= 11 is 6.00. The molecule has 0 spiro atoms. The van der Waals surface area contributed by atoms with Crippen molar-refractivity contribution in [1.82, 2.24) is 0 Å². The van der Waals surface area contributed by atoms with Crippen molar-refractivity contribution in [3.05, 3.63) is 35.3 Å². The smallest absolute Gasteiger partial charge is 0.340 e. The molecule has 0 saturated heterocycles. The summed E-state index contributed by atoms with van der Waals surface area (Å²) in [5.41, 5.74) is 1.40. The Bertz CT molecular complexity index is 571. The molecular weight excluding hydrogens is 304 g/mol. The van der Waals surface area contributed by atoms with Crippen LogP contribution in [0.2, 0.25) is 5.02 Å². The van der Waals surface area contributed by atoms with Crippen LogP contribution < -0.4 is 5.32 Å². The number of anilines is 1. The molecule has 0 bridgehead atoms. The van der Waals surface area contributed by atoms with Gasteiger partial charge < -0.3 is 14.5 Å². The van der Waals surface area contributed by atoms with Crippen LogP contribution in [0.25, 0.3) is 0 Å². The van der Waals surface area contributed by atoms with Crippen LogP contribution in [0.4, 0.5) is 5.69 Å². The van der Waals surface area contributed by atoms with E-state index in [0.717, 1.165) is 6.54 Å². The van der Waals surface area contributed by atoms with Gasteiger partial charge in [0.1, 0.15) is 6.54 Å². The Labute approximate surface area is 136 Å². The molecule has 0 saturated carbocycles. The number of nitrogens with zero attached hydrogens (tertiary/aromatic N) is 1. The Morgan fingerprint density at radius 3 is 2.55 bits per heavy atom. The average molecular weight is 327 g/mol. The van der Waals surface area contributed by atoms with E-state index in [9.17, 15) is 9.59 Å². The van der Waals surface area contributed by atoms with E-state index in [2.05, 4.69) is 12.4 Å². The molecule has 1 unspecified atom stereocenters. The fourth-order valence-electron chi connectivity index (χ4n) is 1.92. The van der Waals surface area contributed by atoms with Gasteiger partial charge >= 0.3 is 5.97 Å². The molecule has 6 heteroatoms. The van der Waals surface area contributed by atoms with E-state index in [0.29, 0.717) is 20.8 Å². The highest BCUT2D eigenvalue weighted by atomic mass is 35.5. The minimum Gasteiger partial charge on any atom is -0.462 e. The summed E-state index contributed by atoms with van der Waals surface area (Å²) in [5, 5.41) is 3.20. The standard InChI is InChI=1S/C16H23ClN2O3/c1-6-19(4,5)10-14(20)18-15-11(3)8-12(17)9-13(15)16(21)22-7-2/h8-9H,4,6-7,10H2,1-3,5H3,(H,18,20). The van der Waals surface area contributed by atoms with Gasteiger partial charge in [-0.15, -0.1) is 7.05 Å². The lowest BCUT2D eigenvalue weighted by Gasteiger charge is -2.35. The maximum atomic E-state index is 12.2. The van der Waals surface area contributed by atoms with E-state index >= 15 is 0 Å². The third-order valence-corrected chi connectivity index (χ3v) is 3.57. The summed E-state index contributed by atoms with van der Waals surface area (Å²) in [6.45, 7) is 6.64. The fourth-order valence-corrected chi connectivity index (χ4v) is 2.19. The minimum atomic E-state index is -0.509. The van der Waals surface area contributed by atoms with Gasteiger partial charge in [0, 0.05) is 12.1 Å². The second-order valence-corrected chi connectivity index (χ2v) is 5.94. The monoisotopic (exact) mass is 326 g/mol. The van der Waals surface area contributed by atoms with Crippen LogP contribution in [0, 0.1) is 14.0 Å². The first-order valence-electron chi connectivity index (χ1n) is 7.16. The fraction of sp³-hybridized carbons (Fsp3) is 0.438. The molecule has 0 heterocycles. The first kappa shape index (κ1) is 18.5. The van der Waals surface area contributed by atoms with Gasteiger partial charge in [-0.2, -0.15) is 0 Å². The lowest BCUT2D eigenvalue weighted by atomic mass is 10.1. The number of carbonyl (C=O) groups excluding carboxylic acids is 2. The zero-order valence-electron chi connectivity index (χ0n) is 13.5. The first-order chi connectivity index (χ1) is 10.2. The summed E-state index contributed by atoms with van der Waals surface area (Å²) in [4.78, 5) is 24.2. The van der Waals surface area contributed by atoms with E-state index < -0.39 is 5.97 Å². The van der Waals surface area contributed by atoms with Crippen LogP contribution in [0.15, 0.2) is 12.1 Å². The number of quaternary nitrogens is 1. The number of amides is 1. The van der Waals surface area contributed by atoms with Gasteiger partial charge in [-0.05, 0) is 38.5 Å². The van der Waals surface area contributed by atoms with Crippen molar-refractivity contribution in [3.63, 3.8) is 0 Å². The van der Waals surface area contributed by atoms with Crippen LogP contribution >= 0.6 is 11.6 Å². The topological polar surface area (TPSA) is 55.4 Å². The Hall–Kier alpha value is -1.59. The van der Waals surface area contributed by atoms with Crippen molar-refractivity contribution >= 4 is 29.2 Å². The van der Waals surface area contributed by atoms with Crippen molar-refractivity contribution in [2.75, 3.05) is 32.1 Å². The molecule has 122 valence electrons. The molecule has 0 aliphatic carbocycles. The second kappa shape index (κ2) is 7.61. The summed E-state index contributed by atoms with van der Waals surface area (Å²) in [6, 6.07) is 3.19. The van der Waals surface area contributed by atoms with Gasteiger partial charge in [0.15, 0.2) is 0 Å². The van der Waals surface area contributed by atoms with E-state index in [1.807, 2.05) is 14.0 Å². The number of aryl methyl sites for hydroxylation is 1. The maximum absolute atomic E-state index is 12.2. The van der Waals surface area contributed by atoms with Crippen molar-refractivity contribution in [1.29, 1.82) is 0 Å². The molecule has 0 aliphatic heterocycles. The molecule has 0 aromatic heterocycles. The molecule has 1 N–H and O–H groups in total. The number of hydrogen-bond acceptors (Lipinski definition) is 3. The van der Waals surface area contributed by atoms with Gasteiger partial charge in [0.05, 0.1) is 24.4 Å². The number of benzene rings is 1. The predicted octanol–water partition coefficient (Wildman–Crippen LogP) is 3.02. The van der Waals surface area contributed by atoms with Gasteiger partial charge in [0.2, 0.25) is 0 Å². The highest BCUT2D eigenvalue weighted by Crippen LogP contribution is 2.26. The molecule has 1 aromatic rings. The largest absolute Gasteiger partial charge is 0.462 e. The van der Waals surface area contributed by atoms with Crippen molar-refractivity contribution in [2.45, 2.75) is 20.8 Å². The first-order valence-corrected chi connectivity index (χ1v) is 7.54. The van der Waals surface area contributed by atoms with Gasteiger partial charge in [-0.1, -0.05) is 11.6 Å². The quantitative estimate of drug-likeness (QED) is 0.496. The molecule has 22 heavy (non-hydrogen) atoms. The van der Waals surface area contributed by atoms with Crippen LogP contribution in [0.3, 0.4) is 0 Å². The van der Waals surface area contributed by atoms with Crippen molar-refractivity contribution in [2.24, 2.45) is 0 Å². The molecule has 1 amide bonds. The van der Waals surface area contributed by atoms with E-state index in [-0.39, 0.29) is 24.6 Å². The number of halogens is 1. The van der Waals surface area contributed by atoms with Crippen molar-refractivity contribution in [3.8, 4) is 0 Å². The highest BCUT2D eigenvalue weighted by molar-refractivity contribution is 6.31. The van der Waals surface area contributed by atoms with Crippen LogP contribution in [0.1, 0.15) is 29.8 Å². The molecule has 1 aromatic carbocycles. The second-order valence-electron chi connectivity index (χ2n) is 5.51. The van der Waals surface area contributed by atoms with Crippen LogP contribution in [0.5, 0.6) is 0 Å². The Morgan fingerprint density at radius 2 is 2.00 bits per heavy atom.